The Hall–Kier alpha value is -0.610. The highest BCUT2D eigenvalue weighted by atomic mass is 16.4. The molecule has 11 heavy (non-hydrogen) atoms. The molecule has 0 aliphatic rings. The summed E-state index contributed by atoms with van der Waals surface area (Å²) in [5, 5.41) is 19.9. The van der Waals surface area contributed by atoms with Gasteiger partial charge in [0.2, 0.25) is 0 Å². The van der Waals surface area contributed by atoms with Gasteiger partial charge in [0.25, 0.3) is 0 Å². The zero-order valence-electron chi connectivity index (χ0n) is 7.09. The number of carboxylic acid groups (broad SMARTS) is 1. The number of carboxylic acids is 1. The Balaban J connectivity index is 3.99. The largest absolute Gasteiger partial charge is 0.480 e. The van der Waals surface area contributed by atoms with Gasteiger partial charge in [-0.2, -0.15) is 0 Å². The predicted octanol–water partition coefficient (Wildman–Crippen LogP) is -0.180. The zero-order valence-corrected chi connectivity index (χ0v) is 7.09. The van der Waals surface area contributed by atoms with Crippen molar-refractivity contribution < 1.29 is 15.0 Å². The fourth-order valence-corrected chi connectivity index (χ4v) is 0.708. The first-order valence-electron chi connectivity index (χ1n) is 3.48. The highest BCUT2D eigenvalue weighted by Crippen LogP contribution is 2.00. The number of aliphatic hydroxyl groups is 1. The van der Waals surface area contributed by atoms with E-state index in [2.05, 4.69) is 5.32 Å². The molecule has 0 bridgehead atoms. The van der Waals surface area contributed by atoms with E-state index in [0.717, 1.165) is 0 Å². The lowest BCUT2D eigenvalue weighted by molar-refractivity contribution is -0.141. The maximum absolute atomic E-state index is 10.4. The summed E-state index contributed by atoms with van der Waals surface area (Å²) in [6, 6.07) is -0.866. The molecule has 4 heteroatoms. The van der Waals surface area contributed by atoms with Crippen molar-refractivity contribution in [3.63, 3.8) is 0 Å². The van der Waals surface area contributed by atoms with Crippen molar-refractivity contribution in [3.05, 3.63) is 0 Å². The minimum atomic E-state index is -1.03. The van der Waals surface area contributed by atoms with Gasteiger partial charge in [-0.3, -0.25) is 10.1 Å². The van der Waals surface area contributed by atoms with Gasteiger partial charge in [-0.05, 0) is 20.8 Å². The Morgan fingerprint density at radius 1 is 1.55 bits per heavy atom. The van der Waals surface area contributed by atoms with Gasteiger partial charge in [0, 0.05) is 5.54 Å². The van der Waals surface area contributed by atoms with Gasteiger partial charge in [-0.1, -0.05) is 0 Å². The Labute approximate surface area is 66.2 Å². The van der Waals surface area contributed by atoms with Gasteiger partial charge < -0.3 is 10.2 Å². The number of carbonyl (C=O) groups is 1. The molecule has 66 valence electrons. The monoisotopic (exact) mass is 161 g/mol. The molecule has 0 aromatic carbocycles. The molecule has 0 aromatic rings. The van der Waals surface area contributed by atoms with Crippen LogP contribution in [0, 0.1) is 0 Å². The van der Waals surface area contributed by atoms with E-state index in [-0.39, 0.29) is 12.1 Å². The van der Waals surface area contributed by atoms with Crippen molar-refractivity contribution >= 4 is 5.97 Å². The van der Waals surface area contributed by atoms with Crippen molar-refractivity contribution in [2.24, 2.45) is 0 Å². The van der Waals surface area contributed by atoms with Gasteiger partial charge in [0.1, 0.15) is 6.04 Å². The molecule has 3 N–H and O–H groups in total. The van der Waals surface area contributed by atoms with E-state index in [0.29, 0.717) is 0 Å². The summed E-state index contributed by atoms with van der Waals surface area (Å²) in [5.41, 5.74) is -0.286. The van der Waals surface area contributed by atoms with E-state index in [1.165, 1.54) is 0 Å². The van der Waals surface area contributed by atoms with Crippen molar-refractivity contribution in [2.75, 3.05) is 6.61 Å². The smallest absolute Gasteiger partial charge is 0.323 e. The van der Waals surface area contributed by atoms with Crippen LogP contribution in [0.25, 0.3) is 0 Å². The molecule has 0 saturated heterocycles. The fourth-order valence-electron chi connectivity index (χ4n) is 0.708. The van der Waals surface area contributed by atoms with Gasteiger partial charge >= 0.3 is 5.97 Å². The third-order valence-corrected chi connectivity index (χ3v) is 1.09. The summed E-state index contributed by atoms with van der Waals surface area (Å²) < 4.78 is 0. The van der Waals surface area contributed by atoms with E-state index in [1.54, 1.807) is 0 Å². The molecule has 0 aliphatic carbocycles. The lowest BCUT2D eigenvalue weighted by Crippen LogP contribution is -2.49. The van der Waals surface area contributed by atoms with Gasteiger partial charge in [-0.25, -0.2) is 0 Å². The molecule has 0 amide bonds. The molecule has 0 unspecified atom stereocenters. The summed E-state index contributed by atoms with van der Waals surface area (Å²) in [4.78, 5) is 10.4. The number of aliphatic carboxylic acids is 1. The number of hydrogen-bond donors (Lipinski definition) is 3. The van der Waals surface area contributed by atoms with E-state index in [1.807, 2.05) is 20.8 Å². The van der Waals surface area contributed by atoms with Crippen LogP contribution in [-0.4, -0.2) is 34.4 Å². The van der Waals surface area contributed by atoms with Crippen LogP contribution in [0.3, 0.4) is 0 Å². The SMILES string of the molecule is CC(C)(C)N[C@@H](CO)C(=O)O. The number of aliphatic hydroxyl groups excluding tert-OH is 1. The second kappa shape index (κ2) is 3.69. The third-order valence-electron chi connectivity index (χ3n) is 1.09. The quantitative estimate of drug-likeness (QED) is 0.537. The molecule has 0 saturated carbocycles. The Kier molecular flexibility index (Phi) is 3.48. The van der Waals surface area contributed by atoms with Crippen LogP contribution in [0.2, 0.25) is 0 Å². The highest BCUT2D eigenvalue weighted by Gasteiger charge is 2.21. The average molecular weight is 161 g/mol. The first kappa shape index (κ1) is 10.4. The molecular formula is C7H15NO3. The van der Waals surface area contributed by atoms with E-state index >= 15 is 0 Å². The van der Waals surface area contributed by atoms with Crippen LogP contribution < -0.4 is 5.32 Å². The third kappa shape index (κ3) is 4.75. The molecule has 0 spiro atoms. The lowest BCUT2D eigenvalue weighted by Gasteiger charge is -2.24. The Bertz CT molecular complexity index is 139. The average Bonchev–Trinajstić information content (AvgIpc) is 1.80. The standard InChI is InChI=1S/C7H15NO3/c1-7(2,3)8-5(4-9)6(10)11/h5,8-9H,4H2,1-3H3,(H,10,11)/t5-/m0/s1. The molecule has 0 aliphatic heterocycles. The molecule has 1 atom stereocenters. The summed E-state index contributed by atoms with van der Waals surface area (Å²) in [5.74, 6) is -1.03. The summed E-state index contributed by atoms with van der Waals surface area (Å²) in [7, 11) is 0. The molecule has 0 rings (SSSR count). The van der Waals surface area contributed by atoms with Crippen molar-refractivity contribution in [1.29, 1.82) is 0 Å². The normalized spacial score (nSPS) is 14.5. The number of rotatable bonds is 3. The highest BCUT2D eigenvalue weighted by molar-refractivity contribution is 5.73. The minimum Gasteiger partial charge on any atom is -0.480 e. The zero-order chi connectivity index (χ0) is 9.07. The first-order valence-corrected chi connectivity index (χ1v) is 3.48. The van der Waals surface area contributed by atoms with E-state index in [4.69, 9.17) is 10.2 Å². The summed E-state index contributed by atoms with van der Waals surface area (Å²) in [6.07, 6.45) is 0. The van der Waals surface area contributed by atoms with Crippen LogP contribution >= 0.6 is 0 Å². The fraction of sp³-hybridized carbons (Fsp3) is 0.857. The van der Waals surface area contributed by atoms with Crippen LogP contribution in [0.4, 0.5) is 0 Å². The first-order chi connectivity index (χ1) is 4.87. The summed E-state index contributed by atoms with van der Waals surface area (Å²) in [6.45, 7) is 5.16. The molecule has 0 fully saturated rings. The topological polar surface area (TPSA) is 69.6 Å². The van der Waals surface area contributed by atoms with Gasteiger partial charge in [0.05, 0.1) is 6.61 Å². The summed E-state index contributed by atoms with van der Waals surface area (Å²) >= 11 is 0. The second-order valence-electron chi connectivity index (χ2n) is 3.47. The molecule has 0 radical (unpaired) electrons. The van der Waals surface area contributed by atoms with Crippen molar-refractivity contribution in [3.8, 4) is 0 Å². The maximum atomic E-state index is 10.4. The maximum Gasteiger partial charge on any atom is 0.323 e. The second-order valence-corrected chi connectivity index (χ2v) is 3.47. The van der Waals surface area contributed by atoms with Gasteiger partial charge in [-0.15, -0.1) is 0 Å². The molecule has 4 nitrogen and oxygen atoms in total. The van der Waals surface area contributed by atoms with Crippen molar-refractivity contribution in [2.45, 2.75) is 32.4 Å². The van der Waals surface area contributed by atoms with Crippen LogP contribution in [0.15, 0.2) is 0 Å². The lowest BCUT2D eigenvalue weighted by atomic mass is 10.1. The Morgan fingerprint density at radius 3 is 2.09 bits per heavy atom. The number of nitrogens with one attached hydrogen (secondary N) is 1. The Morgan fingerprint density at radius 2 is 2.00 bits per heavy atom. The molecular weight excluding hydrogens is 146 g/mol. The van der Waals surface area contributed by atoms with Crippen molar-refractivity contribution in [1.82, 2.24) is 5.32 Å². The molecule has 0 aromatic heterocycles. The van der Waals surface area contributed by atoms with Gasteiger partial charge in [0.15, 0.2) is 0 Å². The molecule has 0 heterocycles. The minimum absolute atomic E-state index is 0.286. The predicted molar refractivity (Wildman–Crippen MR) is 41.4 cm³/mol. The number of hydrogen-bond acceptors (Lipinski definition) is 3. The van der Waals surface area contributed by atoms with E-state index in [9.17, 15) is 4.79 Å². The van der Waals surface area contributed by atoms with Crippen LogP contribution in [-0.2, 0) is 4.79 Å². The van der Waals surface area contributed by atoms with E-state index < -0.39 is 12.0 Å². The van der Waals surface area contributed by atoms with Crippen LogP contribution in [0.1, 0.15) is 20.8 Å². The van der Waals surface area contributed by atoms with Crippen LogP contribution in [0.5, 0.6) is 0 Å².